The number of phosphoric acid groups is 2. The number of primary amides is 2. The molecule has 4 heterocycles. The van der Waals surface area contributed by atoms with Crippen molar-refractivity contribution < 1.29 is 94.9 Å². The number of unbranched alkanes of at least 4 members (excludes halogenated alkanes) is 10. The van der Waals surface area contributed by atoms with Gasteiger partial charge >= 0.3 is 15.6 Å². The molecule has 8 amide bonds. The number of Topliss-reactive ketones (excluding diaryl/α,β-unsaturated/α-hetero) is 4. The van der Waals surface area contributed by atoms with Crippen molar-refractivity contribution in [3.05, 3.63) is 108 Å². The maximum absolute atomic E-state index is 14.1. The molecular weight excluding hydrogens is 1560 g/mol. The molecule has 118 heavy (non-hydrogen) atoms. The number of carbonyl (C=O) groups is 12. The number of hydrogen-bond acceptors (Lipinski definition) is 19. The lowest BCUT2D eigenvalue weighted by Gasteiger charge is -2.27. The molecular formula is C84H130N12O20P2. The number of H-pyrrole nitrogens is 1. The largest absolute Gasteiger partial charge is 0.472 e. The molecule has 656 valence electrons. The summed E-state index contributed by atoms with van der Waals surface area (Å²) in [5, 5.41) is 11.0. The number of imidazole rings is 2. The number of likely N-dealkylation sites (tertiary alicyclic amines) is 2. The van der Waals surface area contributed by atoms with Gasteiger partial charge in [-0.05, 0) is 128 Å². The van der Waals surface area contributed by atoms with E-state index in [0.717, 1.165) is 83.5 Å². The number of aryl methyl sites for hydroxylation is 3. The predicted molar refractivity (Wildman–Crippen MR) is 442 cm³/mol. The molecule has 0 spiro atoms. The topological polar surface area (TPSA) is 480 Å². The summed E-state index contributed by atoms with van der Waals surface area (Å²) in [7, 11) is -9.60. The molecule has 12 N–H and O–H groups in total. The van der Waals surface area contributed by atoms with Crippen LogP contribution in [0.2, 0.25) is 0 Å². The van der Waals surface area contributed by atoms with E-state index in [1.807, 2.05) is 56.5 Å². The Kier molecular flexibility index (Phi) is 43.4. The first kappa shape index (κ1) is 100. The number of aromatic amines is 1. The average Bonchev–Trinajstić information content (AvgIpc) is 1.26. The standard InChI is InChI=1S/2C42H65N6O10P/c1-28(2)22-36(47-42(54)37-19-15-20-48(37)31(5)49)39(51)24-33(23-34-26-44-27-45-34)41(53)46-29(3)38(50)25-35(40(43)52)30(4)58-59(55,56)57-21-14-9-7-6-8-11-16-32-17-12-10-13-18-32;1-28(2)22-36(46-42(54)37-19-15-21-48(37)31(5)49)39(51)24-33(41(53)45-29(3)38(50)25-35(40(43)52)30(4)58-59(55,56)57)23-34-26-44-27-47(34)20-14-9-7-6-8-11-16-32-17-12-10-13-18-32/h10,12-13,17-18,26-30,33,35-37H,6-9,11,14-16,19-25H2,1-5H3,(H2,43,52)(H,44,45)(H,46,53)(H,47,54)(H,55,56);10,12-13,17-18,26-30,33,35-37H,6-9,11,14-16,19-25H2,1-5H3,(H2,43,52)(H,45,53)(H,46,54)(H2,55,56,57)/t2*29-,30+,33+,35-,36-,37?/m00/s1. The van der Waals surface area contributed by atoms with Crippen molar-refractivity contribution in [2.75, 3.05) is 19.7 Å². The second-order valence-corrected chi connectivity index (χ2v) is 35.0. The Morgan fingerprint density at radius 1 is 0.525 bits per heavy atom. The molecule has 0 bridgehead atoms. The van der Waals surface area contributed by atoms with E-state index in [1.54, 1.807) is 12.5 Å². The van der Waals surface area contributed by atoms with Gasteiger partial charge in [0, 0.05) is 95.8 Å². The third kappa shape index (κ3) is 36.6. The van der Waals surface area contributed by atoms with E-state index < -0.39 is 148 Å². The van der Waals surface area contributed by atoms with E-state index >= 15 is 0 Å². The van der Waals surface area contributed by atoms with Crippen LogP contribution >= 0.6 is 15.6 Å². The third-order valence-corrected chi connectivity index (χ3v) is 23.3. The first-order chi connectivity index (χ1) is 55.8. The number of rotatable bonds is 55. The number of aromatic nitrogens is 4. The molecule has 2 aliphatic rings. The molecule has 2 aliphatic heterocycles. The van der Waals surface area contributed by atoms with Crippen molar-refractivity contribution in [2.24, 2.45) is 47.0 Å². The van der Waals surface area contributed by atoms with E-state index in [4.69, 9.17) is 20.5 Å². The van der Waals surface area contributed by atoms with Crippen LogP contribution in [0.3, 0.4) is 0 Å². The van der Waals surface area contributed by atoms with Gasteiger partial charge in [0.15, 0.2) is 23.1 Å². The normalized spacial score (nSPS) is 17.3. The first-order valence-electron chi connectivity index (χ1n) is 41.7. The number of phosphoric ester groups is 2. The highest BCUT2D eigenvalue weighted by molar-refractivity contribution is 7.47. The van der Waals surface area contributed by atoms with E-state index in [0.29, 0.717) is 76.0 Å². The monoisotopic (exact) mass is 1690 g/mol. The highest BCUT2D eigenvalue weighted by atomic mass is 31.2. The number of carbonyl (C=O) groups excluding carboxylic acids is 12. The Labute approximate surface area is 694 Å². The van der Waals surface area contributed by atoms with Gasteiger partial charge in [0.25, 0.3) is 0 Å². The lowest BCUT2D eigenvalue weighted by atomic mass is 9.89. The van der Waals surface area contributed by atoms with Crippen LogP contribution in [0.5, 0.6) is 0 Å². The zero-order chi connectivity index (χ0) is 87.2. The molecule has 0 aliphatic carbocycles. The van der Waals surface area contributed by atoms with E-state index in [2.05, 4.69) is 77.1 Å². The van der Waals surface area contributed by atoms with Gasteiger partial charge in [0.2, 0.25) is 47.3 Å². The van der Waals surface area contributed by atoms with Crippen LogP contribution in [0.4, 0.5) is 0 Å². The fourth-order valence-corrected chi connectivity index (χ4v) is 16.5. The number of amides is 8. The second kappa shape index (κ2) is 51.2. The Bertz CT molecular complexity index is 3950. The maximum Gasteiger partial charge on any atom is 0.472 e. The molecule has 0 saturated carbocycles. The number of hydrogen-bond donors (Lipinski definition) is 10. The molecule has 4 aromatic rings. The van der Waals surface area contributed by atoms with E-state index in [9.17, 15) is 81.3 Å². The molecule has 34 heteroatoms. The lowest BCUT2D eigenvalue weighted by molar-refractivity contribution is -0.138. The number of nitrogens with two attached hydrogens (primary N) is 2. The van der Waals surface area contributed by atoms with E-state index in [1.165, 1.54) is 75.0 Å². The Morgan fingerprint density at radius 3 is 1.36 bits per heavy atom. The quantitative estimate of drug-likeness (QED) is 0.0146. The minimum atomic E-state index is -5.00. The van der Waals surface area contributed by atoms with Crippen molar-refractivity contribution >= 4 is 86.0 Å². The van der Waals surface area contributed by atoms with Gasteiger partial charge in [-0.25, -0.2) is 19.1 Å². The SMILES string of the molecule is CC(=O)N1CCCC1C(=O)N[C@@H](CC(C)C)C(=O)C[C@@H](Cc1cnc[nH]1)C(=O)N[C@@H](C)C(=O)C[C@H](C(N)=O)[C@@H](C)OP(=O)(O)OCCCCCCCCc1ccccc1.CC(=O)N1CCCC1C(=O)N[C@@H](CC(C)C)C(=O)C[C@@H](Cc1cncn1CCCCCCCCc1ccccc1)C(=O)N[C@@H](C)C(=O)C[C@H](C(N)=O)[C@@H](C)OP(=O)(O)O. The van der Waals surface area contributed by atoms with Gasteiger partial charge in [-0.15, -0.1) is 0 Å². The van der Waals surface area contributed by atoms with E-state index in [-0.39, 0.29) is 67.5 Å². The van der Waals surface area contributed by atoms with Gasteiger partial charge in [-0.3, -0.25) is 71.1 Å². The smallest absolute Gasteiger partial charge is 0.369 e. The predicted octanol–water partition coefficient (Wildman–Crippen LogP) is 8.93. The molecule has 32 nitrogen and oxygen atoms in total. The molecule has 6 rings (SSSR count). The summed E-state index contributed by atoms with van der Waals surface area (Å²) in [6, 6.07) is 15.2. The van der Waals surface area contributed by atoms with Crippen LogP contribution in [-0.2, 0) is 112 Å². The Balaban J connectivity index is 0.000000420. The minimum absolute atomic E-state index is 0.00194. The second-order valence-electron chi connectivity index (χ2n) is 32.4. The molecule has 2 fully saturated rings. The molecule has 2 aromatic carbocycles. The van der Waals surface area contributed by atoms with Crippen LogP contribution in [0.1, 0.15) is 233 Å². The van der Waals surface area contributed by atoms with Crippen LogP contribution < -0.4 is 32.7 Å². The van der Waals surface area contributed by atoms with Crippen molar-refractivity contribution in [2.45, 2.75) is 291 Å². The summed E-state index contributed by atoms with van der Waals surface area (Å²) in [6.45, 7) is 17.4. The molecule has 2 saturated heterocycles. The number of benzene rings is 2. The Morgan fingerprint density at radius 2 is 0.949 bits per heavy atom. The van der Waals surface area contributed by atoms with Gasteiger partial charge < -0.3 is 66.8 Å². The lowest BCUT2D eigenvalue weighted by Crippen LogP contribution is -2.51. The van der Waals surface area contributed by atoms with Gasteiger partial charge in [-0.2, -0.15) is 0 Å². The van der Waals surface area contributed by atoms with Crippen LogP contribution in [0.15, 0.2) is 85.7 Å². The zero-order valence-corrected chi connectivity index (χ0v) is 72.2. The van der Waals surface area contributed by atoms with Crippen molar-refractivity contribution in [1.29, 1.82) is 0 Å². The van der Waals surface area contributed by atoms with Crippen molar-refractivity contribution in [3.63, 3.8) is 0 Å². The van der Waals surface area contributed by atoms with Gasteiger partial charge in [0.1, 0.15) is 12.1 Å². The van der Waals surface area contributed by atoms with Crippen LogP contribution in [0, 0.1) is 35.5 Å². The summed E-state index contributed by atoms with van der Waals surface area (Å²) in [5.41, 5.74) is 15.0. The summed E-state index contributed by atoms with van der Waals surface area (Å²) in [5.74, 6) is -11.2. The molecule has 0 radical (unpaired) electrons. The number of nitrogens with one attached hydrogen (secondary N) is 5. The summed E-state index contributed by atoms with van der Waals surface area (Å²) in [6.07, 6.45) is 19.0. The van der Waals surface area contributed by atoms with Crippen molar-refractivity contribution in [1.82, 2.24) is 50.6 Å². The van der Waals surface area contributed by atoms with Gasteiger partial charge in [0.05, 0.1) is 79.3 Å². The highest BCUT2D eigenvalue weighted by Gasteiger charge is 2.41. The van der Waals surface area contributed by atoms with Crippen LogP contribution in [-0.4, -0.2) is 183 Å². The summed E-state index contributed by atoms with van der Waals surface area (Å²) in [4.78, 5) is 201. The Hall–Kier alpha value is -8.48. The maximum atomic E-state index is 14.1. The number of nitrogens with zero attached hydrogens (tertiary/aromatic N) is 5. The minimum Gasteiger partial charge on any atom is -0.369 e. The molecule has 3 unspecified atom stereocenters. The average molecular weight is 1690 g/mol. The highest BCUT2D eigenvalue weighted by Crippen LogP contribution is 2.46. The summed E-state index contributed by atoms with van der Waals surface area (Å²) < 4.78 is 41.1. The fraction of sp³-hybridized carbons (Fsp3) is 0.643. The first-order valence-corrected chi connectivity index (χ1v) is 44.7. The zero-order valence-electron chi connectivity index (χ0n) is 70.4. The van der Waals surface area contributed by atoms with Crippen molar-refractivity contribution in [3.8, 4) is 0 Å². The fourth-order valence-electron chi connectivity index (χ4n) is 14.9. The number of ketones is 4. The summed E-state index contributed by atoms with van der Waals surface area (Å²) >= 11 is 0. The van der Waals surface area contributed by atoms with Gasteiger partial charge in [-0.1, -0.05) is 140 Å². The molecule has 13 atom stereocenters. The third-order valence-electron chi connectivity index (χ3n) is 21.6. The van der Waals surface area contributed by atoms with Crippen LogP contribution in [0.25, 0.3) is 0 Å². The molecule has 2 aromatic heterocycles.